The van der Waals surface area contributed by atoms with E-state index in [1.807, 2.05) is 61.5 Å². The Hall–Kier alpha value is -2.00. The standard InChI is InChI=1S/C17H20O3/c1-2-19-16-10-6-7-11-17(16)20-15(12-13-18)14-8-4-3-5-9-14/h3-11,15,18H,2,12-13H2,1H3/t15-/m1/s1. The van der Waals surface area contributed by atoms with Crippen molar-refractivity contribution in [2.45, 2.75) is 19.4 Å². The van der Waals surface area contributed by atoms with Crippen LogP contribution in [0.3, 0.4) is 0 Å². The molecule has 20 heavy (non-hydrogen) atoms. The number of para-hydroxylation sites is 2. The van der Waals surface area contributed by atoms with E-state index in [0.717, 1.165) is 11.3 Å². The fraction of sp³-hybridized carbons (Fsp3) is 0.294. The van der Waals surface area contributed by atoms with Crippen molar-refractivity contribution in [2.24, 2.45) is 0 Å². The third kappa shape index (κ3) is 3.75. The Morgan fingerprint density at radius 1 is 0.950 bits per heavy atom. The maximum atomic E-state index is 9.24. The monoisotopic (exact) mass is 272 g/mol. The molecule has 0 heterocycles. The Kier molecular flexibility index (Phi) is 5.44. The molecule has 0 bridgehead atoms. The average molecular weight is 272 g/mol. The maximum absolute atomic E-state index is 9.24. The molecule has 0 fully saturated rings. The van der Waals surface area contributed by atoms with Crippen LogP contribution in [0.1, 0.15) is 25.0 Å². The lowest BCUT2D eigenvalue weighted by Crippen LogP contribution is -2.10. The molecular formula is C17H20O3. The van der Waals surface area contributed by atoms with Crippen LogP contribution in [0.15, 0.2) is 54.6 Å². The van der Waals surface area contributed by atoms with E-state index in [-0.39, 0.29) is 12.7 Å². The Labute approximate surface area is 119 Å². The molecular weight excluding hydrogens is 252 g/mol. The van der Waals surface area contributed by atoms with Crippen molar-refractivity contribution in [3.63, 3.8) is 0 Å². The molecule has 3 nitrogen and oxygen atoms in total. The van der Waals surface area contributed by atoms with Crippen LogP contribution in [0.4, 0.5) is 0 Å². The first-order valence-electron chi connectivity index (χ1n) is 6.89. The van der Waals surface area contributed by atoms with E-state index in [0.29, 0.717) is 18.8 Å². The molecule has 0 unspecified atom stereocenters. The fourth-order valence-electron chi connectivity index (χ4n) is 2.05. The van der Waals surface area contributed by atoms with Gasteiger partial charge in [0.2, 0.25) is 0 Å². The van der Waals surface area contributed by atoms with Crippen LogP contribution < -0.4 is 9.47 Å². The Morgan fingerprint density at radius 3 is 2.25 bits per heavy atom. The van der Waals surface area contributed by atoms with Gasteiger partial charge < -0.3 is 14.6 Å². The highest BCUT2D eigenvalue weighted by molar-refractivity contribution is 5.40. The predicted molar refractivity (Wildman–Crippen MR) is 79.1 cm³/mol. The summed E-state index contributed by atoms with van der Waals surface area (Å²) >= 11 is 0. The SMILES string of the molecule is CCOc1ccccc1O[C@H](CCO)c1ccccc1. The van der Waals surface area contributed by atoms with E-state index >= 15 is 0 Å². The average Bonchev–Trinajstić information content (AvgIpc) is 2.50. The number of hydrogen-bond acceptors (Lipinski definition) is 3. The van der Waals surface area contributed by atoms with Crippen LogP contribution in [-0.4, -0.2) is 18.3 Å². The first kappa shape index (κ1) is 14.4. The van der Waals surface area contributed by atoms with Gasteiger partial charge in [0.15, 0.2) is 11.5 Å². The smallest absolute Gasteiger partial charge is 0.162 e. The molecule has 1 atom stereocenters. The Bertz CT molecular complexity index is 511. The van der Waals surface area contributed by atoms with Gasteiger partial charge in [0.1, 0.15) is 6.10 Å². The van der Waals surface area contributed by atoms with Gasteiger partial charge in [-0.25, -0.2) is 0 Å². The van der Waals surface area contributed by atoms with Gasteiger partial charge in [-0.3, -0.25) is 0 Å². The molecule has 0 saturated carbocycles. The molecule has 106 valence electrons. The van der Waals surface area contributed by atoms with E-state index in [1.54, 1.807) is 0 Å². The summed E-state index contributed by atoms with van der Waals surface area (Å²) in [4.78, 5) is 0. The molecule has 0 saturated heterocycles. The van der Waals surface area contributed by atoms with Gasteiger partial charge in [-0.15, -0.1) is 0 Å². The molecule has 2 rings (SSSR count). The molecule has 2 aromatic carbocycles. The Morgan fingerprint density at radius 2 is 1.60 bits per heavy atom. The molecule has 1 N–H and O–H groups in total. The second-order valence-corrected chi connectivity index (χ2v) is 4.41. The summed E-state index contributed by atoms with van der Waals surface area (Å²) in [6.45, 7) is 2.62. The zero-order valence-corrected chi connectivity index (χ0v) is 11.7. The lowest BCUT2D eigenvalue weighted by atomic mass is 10.1. The zero-order valence-electron chi connectivity index (χ0n) is 11.7. The molecule has 0 spiro atoms. The fourth-order valence-corrected chi connectivity index (χ4v) is 2.05. The van der Waals surface area contributed by atoms with Gasteiger partial charge in [-0.05, 0) is 24.6 Å². The van der Waals surface area contributed by atoms with Crippen molar-refractivity contribution >= 4 is 0 Å². The number of rotatable bonds is 7. The summed E-state index contributed by atoms with van der Waals surface area (Å²) in [6, 6.07) is 17.5. The number of aliphatic hydroxyl groups excluding tert-OH is 1. The highest BCUT2D eigenvalue weighted by Crippen LogP contribution is 2.32. The van der Waals surface area contributed by atoms with Gasteiger partial charge in [-0.1, -0.05) is 42.5 Å². The minimum absolute atomic E-state index is 0.0797. The lowest BCUT2D eigenvalue weighted by molar-refractivity contribution is 0.149. The highest BCUT2D eigenvalue weighted by Gasteiger charge is 2.15. The summed E-state index contributed by atoms with van der Waals surface area (Å²) in [6.07, 6.45) is 0.368. The first-order chi connectivity index (χ1) is 9.85. The van der Waals surface area contributed by atoms with Gasteiger partial charge in [-0.2, -0.15) is 0 Å². The predicted octanol–water partition coefficient (Wildman–Crippen LogP) is 3.59. The van der Waals surface area contributed by atoms with E-state index < -0.39 is 0 Å². The molecule has 0 radical (unpaired) electrons. The minimum Gasteiger partial charge on any atom is -0.490 e. The van der Waals surface area contributed by atoms with Gasteiger partial charge >= 0.3 is 0 Å². The van der Waals surface area contributed by atoms with Crippen LogP contribution in [0.2, 0.25) is 0 Å². The minimum atomic E-state index is -0.178. The normalized spacial score (nSPS) is 11.9. The summed E-state index contributed by atoms with van der Waals surface area (Å²) < 4.78 is 11.6. The molecule has 3 heteroatoms. The van der Waals surface area contributed by atoms with Crippen molar-refractivity contribution < 1.29 is 14.6 Å². The largest absolute Gasteiger partial charge is 0.490 e. The van der Waals surface area contributed by atoms with Gasteiger partial charge in [0.25, 0.3) is 0 Å². The zero-order chi connectivity index (χ0) is 14.2. The summed E-state index contributed by atoms with van der Waals surface area (Å²) in [5.41, 5.74) is 1.05. The molecule has 0 aliphatic rings. The van der Waals surface area contributed by atoms with Crippen molar-refractivity contribution in [2.75, 3.05) is 13.2 Å². The van der Waals surface area contributed by atoms with Crippen LogP contribution in [0.25, 0.3) is 0 Å². The lowest BCUT2D eigenvalue weighted by Gasteiger charge is -2.20. The van der Waals surface area contributed by atoms with Crippen LogP contribution in [0.5, 0.6) is 11.5 Å². The van der Waals surface area contributed by atoms with Crippen LogP contribution in [0, 0.1) is 0 Å². The second-order valence-electron chi connectivity index (χ2n) is 4.41. The maximum Gasteiger partial charge on any atom is 0.162 e. The van der Waals surface area contributed by atoms with E-state index in [4.69, 9.17) is 9.47 Å². The topological polar surface area (TPSA) is 38.7 Å². The van der Waals surface area contributed by atoms with E-state index in [2.05, 4.69) is 0 Å². The number of hydrogen-bond donors (Lipinski definition) is 1. The van der Waals surface area contributed by atoms with Crippen LogP contribution >= 0.6 is 0 Å². The molecule has 0 amide bonds. The second kappa shape index (κ2) is 7.56. The first-order valence-corrected chi connectivity index (χ1v) is 6.89. The Balaban J connectivity index is 2.20. The van der Waals surface area contributed by atoms with Crippen LogP contribution in [-0.2, 0) is 0 Å². The van der Waals surface area contributed by atoms with Crippen molar-refractivity contribution in [1.29, 1.82) is 0 Å². The number of ether oxygens (including phenoxy) is 2. The van der Waals surface area contributed by atoms with Gasteiger partial charge in [0.05, 0.1) is 6.61 Å². The van der Waals surface area contributed by atoms with Crippen molar-refractivity contribution in [3.8, 4) is 11.5 Å². The number of aliphatic hydroxyl groups is 1. The number of benzene rings is 2. The van der Waals surface area contributed by atoms with E-state index in [9.17, 15) is 5.11 Å². The van der Waals surface area contributed by atoms with E-state index in [1.165, 1.54) is 0 Å². The summed E-state index contributed by atoms with van der Waals surface area (Å²) in [5.74, 6) is 1.44. The third-order valence-electron chi connectivity index (χ3n) is 2.98. The molecule has 0 aliphatic heterocycles. The summed E-state index contributed by atoms with van der Waals surface area (Å²) in [7, 11) is 0. The van der Waals surface area contributed by atoms with Crippen molar-refractivity contribution in [1.82, 2.24) is 0 Å². The third-order valence-corrected chi connectivity index (χ3v) is 2.98. The highest BCUT2D eigenvalue weighted by atomic mass is 16.5. The van der Waals surface area contributed by atoms with Gasteiger partial charge in [0, 0.05) is 13.0 Å². The molecule has 0 aliphatic carbocycles. The summed E-state index contributed by atoms with van der Waals surface area (Å²) in [5, 5.41) is 9.24. The quantitative estimate of drug-likeness (QED) is 0.837. The molecule has 2 aromatic rings. The van der Waals surface area contributed by atoms with Crippen molar-refractivity contribution in [3.05, 3.63) is 60.2 Å². The molecule has 0 aromatic heterocycles.